The number of esters is 1. The number of rotatable bonds is 5. The highest BCUT2D eigenvalue weighted by atomic mass is 16.5. The Labute approximate surface area is 102 Å². The fourth-order valence-electron chi connectivity index (χ4n) is 1.74. The highest BCUT2D eigenvalue weighted by Gasteiger charge is 2.29. The van der Waals surface area contributed by atoms with E-state index in [0.29, 0.717) is 0 Å². The van der Waals surface area contributed by atoms with Gasteiger partial charge in [0.15, 0.2) is 0 Å². The first-order valence-corrected chi connectivity index (χ1v) is 5.55. The Morgan fingerprint density at radius 2 is 2.06 bits per heavy atom. The average Bonchev–Trinajstić information content (AvgIpc) is 2.38. The Hall–Kier alpha value is -1.39. The number of methoxy groups -OCH3 is 1. The molecule has 2 unspecified atom stereocenters. The van der Waals surface area contributed by atoms with Crippen LogP contribution in [0.5, 0.6) is 0 Å². The van der Waals surface area contributed by atoms with Gasteiger partial charge in [0.25, 0.3) is 0 Å². The molecule has 1 aromatic rings. The number of carbonyl (C=O) groups is 1. The molecule has 1 rings (SSSR count). The monoisotopic (exact) mass is 237 g/mol. The molecule has 4 nitrogen and oxygen atoms in total. The minimum Gasteiger partial charge on any atom is -0.468 e. The smallest absolute Gasteiger partial charge is 0.322 e. The minimum atomic E-state index is -0.658. The number of ether oxygens (including phenoxy) is 1. The predicted molar refractivity (Wildman–Crippen MR) is 65.5 cm³/mol. The van der Waals surface area contributed by atoms with Crippen molar-refractivity contribution in [2.45, 2.75) is 25.4 Å². The van der Waals surface area contributed by atoms with Crippen molar-refractivity contribution in [2.24, 2.45) is 0 Å². The maximum absolute atomic E-state index is 11.4. The zero-order valence-corrected chi connectivity index (χ0v) is 10.4. The van der Waals surface area contributed by atoms with Gasteiger partial charge in [-0.05, 0) is 19.4 Å². The minimum absolute atomic E-state index is 0.0989. The summed E-state index contributed by atoms with van der Waals surface area (Å²) in [6, 6.07) is 9.05. The maximum Gasteiger partial charge on any atom is 0.322 e. The van der Waals surface area contributed by atoms with Gasteiger partial charge in [-0.15, -0.1) is 0 Å². The van der Waals surface area contributed by atoms with Crippen molar-refractivity contribution in [1.82, 2.24) is 5.32 Å². The molecule has 0 aliphatic carbocycles. The molecule has 0 aromatic heterocycles. The fraction of sp³-hybridized carbons (Fsp3) is 0.462. The van der Waals surface area contributed by atoms with Gasteiger partial charge in [-0.2, -0.15) is 0 Å². The molecule has 1 aromatic carbocycles. The first-order chi connectivity index (χ1) is 8.03. The van der Waals surface area contributed by atoms with Gasteiger partial charge < -0.3 is 9.84 Å². The Bertz CT molecular complexity index is 366. The predicted octanol–water partition coefficient (Wildman–Crippen LogP) is 1.05. The van der Waals surface area contributed by atoms with Crippen molar-refractivity contribution in [1.29, 1.82) is 0 Å². The number of nitrogens with one attached hydrogen (secondary N) is 1. The van der Waals surface area contributed by atoms with Crippen molar-refractivity contribution in [3.63, 3.8) is 0 Å². The normalized spacial score (nSPS) is 16.0. The summed E-state index contributed by atoms with van der Waals surface area (Å²) in [5, 5.41) is 12.6. The van der Waals surface area contributed by atoms with Crippen LogP contribution in [0.1, 0.15) is 19.4 Å². The summed E-state index contributed by atoms with van der Waals surface area (Å²) in [4.78, 5) is 11.4. The summed E-state index contributed by atoms with van der Waals surface area (Å²) in [5.41, 5.74) is 0.271. The van der Waals surface area contributed by atoms with E-state index in [0.717, 1.165) is 5.56 Å². The second kappa shape index (κ2) is 5.80. The van der Waals surface area contributed by atoms with Crippen LogP contribution in [0.15, 0.2) is 30.3 Å². The molecule has 4 heteroatoms. The first-order valence-electron chi connectivity index (χ1n) is 5.55. The Kier molecular flexibility index (Phi) is 4.66. The van der Waals surface area contributed by atoms with E-state index < -0.39 is 11.6 Å². The van der Waals surface area contributed by atoms with Crippen molar-refractivity contribution in [3.05, 3.63) is 35.9 Å². The van der Waals surface area contributed by atoms with Gasteiger partial charge in [0.2, 0.25) is 0 Å². The summed E-state index contributed by atoms with van der Waals surface area (Å²) in [6.45, 7) is 3.46. The molecule has 0 spiro atoms. The van der Waals surface area contributed by atoms with Crippen LogP contribution in [0.3, 0.4) is 0 Å². The van der Waals surface area contributed by atoms with E-state index in [2.05, 4.69) is 10.1 Å². The van der Waals surface area contributed by atoms with E-state index >= 15 is 0 Å². The third kappa shape index (κ3) is 3.28. The average molecular weight is 237 g/mol. The molecule has 0 saturated heterocycles. The molecule has 0 bridgehead atoms. The van der Waals surface area contributed by atoms with E-state index in [1.54, 1.807) is 6.92 Å². The van der Waals surface area contributed by atoms with Crippen molar-refractivity contribution < 1.29 is 14.6 Å². The number of benzene rings is 1. The van der Waals surface area contributed by atoms with Crippen LogP contribution in [-0.4, -0.2) is 30.8 Å². The van der Waals surface area contributed by atoms with E-state index in [1.165, 1.54) is 7.11 Å². The second-order valence-electron chi connectivity index (χ2n) is 4.25. The molecule has 2 atom stereocenters. The van der Waals surface area contributed by atoms with Crippen molar-refractivity contribution >= 4 is 5.97 Å². The molecular formula is C13H19NO3. The highest BCUT2D eigenvalue weighted by Crippen LogP contribution is 2.20. The molecule has 0 amide bonds. The largest absolute Gasteiger partial charge is 0.468 e. The SMILES string of the molecule is COC(=O)C(C)NC(C)(CO)c1ccccc1. The van der Waals surface area contributed by atoms with Gasteiger partial charge >= 0.3 is 5.97 Å². The molecule has 0 heterocycles. The lowest BCUT2D eigenvalue weighted by molar-refractivity contribution is -0.143. The van der Waals surface area contributed by atoms with Gasteiger partial charge in [0, 0.05) is 0 Å². The van der Waals surface area contributed by atoms with Gasteiger partial charge in [0.1, 0.15) is 6.04 Å². The van der Waals surface area contributed by atoms with E-state index in [-0.39, 0.29) is 12.6 Å². The third-order valence-electron chi connectivity index (χ3n) is 2.82. The molecule has 0 saturated carbocycles. The molecule has 94 valence electrons. The zero-order chi connectivity index (χ0) is 12.9. The molecule has 0 fully saturated rings. The highest BCUT2D eigenvalue weighted by molar-refractivity contribution is 5.75. The Morgan fingerprint density at radius 3 is 2.53 bits per heavy atom. The lowest BCUT2D eigenvalue weighted by Gasteiger charge is -2.31. The molecule has 0 aliphatic rings. The standard InChI is InChI=1S/C13H19NO3/c1-10(12(16)17-3)14-13(2,9-15)11-7-5-4-6-8-11/h4-8,10,14-15H,9H2,1-3H3. The van der Waals surface area contributed by atoms with Crippen molar-refractivity contribution in [2.75, 3.05) is 13.7 Å². The molecule has 0 radical (unpaired) electrons. The first kappa shape index (κ1) is 13.7. The summed E-state index contributed by atoms with van der Waals surface area (Å²) in [5.74, 6) is -0.347. The van der Waals surface area contributed by atoms with Crippen LogP contribution in [0.4, 0.5) is 0 Å². The Balaban J connectivity index is 2.86. The third-order valence-corrected chi connectivity index (χ3v) is 2.82. The lowest BCUT2D eigenvalue weighted by atomic mass is 9.92. The van der Waals surface area contributed by atoms with E-state index in [4.69, 9.17) is 0 Å². The summed E-state index contributed by atoms with van der Waals surface area (Å²) >= 11 is 0. The topological polar surface area (TPSA) is 58.6 Å². The summed E-state index contributed by atoms with van der Waals surface area (Å²) in [6.07, 6.45) is 0. The van der Waals surface area contributed by atoms with Crippen LogP contribution in [-0.2, 0) is 15.1 Å². The van der Waals surface area contributed by atoms with Crippen LogP contribution in [0.25, 0.3) is 0 Å². The number of carbonyl (C=O) groups excluding carboxylic acids is 1. The number of hydrogen-bond acceptors (Lipinski definition) is 4. The van der Waals surface area contributed by atoms with Crippen LogP contribution >= 0.6 is 0 Å². The lowest BCUT2D eigenvalue weighted by Crippen LogP contribution is -2.50. The van der Waals surface area contributed by atoms with Gasteiger partial charge in [0.05, 0.1) is 19.3 Å². The second-order valence-corrected chi connectivity index (χ2v) is 4.25. The van der Waals surface area contributed by atoms with E-state index in [1.807, 2.05) is 37.3 Å². The molecule has 2 N–H and O–H groups in total. The van der Waals surface area contributed by atoms with Gasteiger partial charge in [-0.1, -0.05) is 30.3 Å². The van der Waals surface area contributed by atoms with Crippen LogP contribution < -0.4 is 5.32 Å². The van der Waals surface area contributed by atoms with Crippen molar-refractivity contribution in [3.8, 4) is 0 Å². The van der Waals surface area contributed by atoms with Gasteiger partial charge in [-0.3, -0.25) is 10.1 Å². The number of aliphatic hydroxyl groups excluding tert-OH is 1. The molecule has 0 aliphatic heterocycles. The summed E-state index contributed by atoms with van der Waals surface area (Å²) < 4.78 is 4.66. The fourth-order valence-corrected chi connectivity index (χ4v) is 1.74. The zero-order valence-electron chi connectivity index (χ0n) is 10.4. The van der Waals surface area contributed by atoms with Crippen LogP contribution in [0, 0.1) is 0 Å². The molecular weight excluding hydrogens is 218 g/mol. The summed E-state index contributed by atoms with van der Waals surface area (Å²) in [7, 11) is 1.35. The number of hydrogen-bond donors (Lipinski definition) is 2. The van der Waals surface area contributed by atoms with Gasteiger partial charge in [-0.25, -0.2) is 0 Å². The maximum atomic E-state index is 11.4. The Morgan fingerprint density at radius 1 is 1.47 bits per heavy atom. The van der Waals surface area contributed by atoms with Crippen LogP contribution in [0.2, 0.25) is 0 Å². The van der Waals surface area contributed by atoms with E-state index in [9.17, 15) is 9.90 Å². The number of aliphatic hydroxyl groups is 1. The molecule has 17 heavy (non-hydrogen) atoms. The quantitative estimate of drug-likeness (QED) is 0.751.